The molecule has 0 bridgehead atoms. The van der Waals surface area contributed by atoms with Gasteiger partial charge in [0, 0.05) is 5.57 Å². The zero-order valence-electron chi connectivity index (χ0n) is 15.0. The molecule has 1 fully saturated rings. The number of allylic oxidation sites excluding steroid dienone is 1. The van der Waals surface area contributed by atoms with Crippen LogP contribution in [0.3, 0.4) is 0 Å². The molecular formula is C20H19F3O4S. The maximum absolute atomic E-state index is 12.7. The molecule has 0 aliphatic carbocycles. The van der Waals surface area contributed by atoms with Gasteiger partial charge >= 0.3 is 15.6 Å². The molecule has 0 spiro atoms. The van der Waals surface area contributed by atoms with E-state index < -0.39 is 21.7 Å². The van der Waals surface area contributed by atoms with Gasteiger partial charge in [0.1, 0.15) is 11.9 Å². The number of ether oxygens (including phenoxy) is 1. The Morgan fingerprint density at radius 2 is 1.54 bits per heavy atom. The standard InChI is InChI=1S/C20H19F3O4S/c1-14(27-28(24,25)20(21,22)23)17-12-13-18(15-8-4-2-5-9-15)26-19(17)16-10-6-3-7-11-16/h2-11,18-19H,12-13H2,1H3/b17-14-. The third kappa shape index (κ3) is 4.39. The van der Waals surface area contributed by atoms with Gasteiger partial charge in [-0.05, 0) is 30.9 Å². The van der Waals surface area contributed by atoms with E-state index >= 15 is 0 Å². The predicted molar refractivity (Wildman–Crippen MR) is 97.4 cm³/mol. The lowest BCUT2D eigenvalue weighted by Gasteiger charge is -2.34. The molecule has 4 nitrogen and oxygen atoms in total. The van der Waals surface area contributed by atoms with E-state index in [0.29, 0.717) is 24.0 Å². The number of hydrogen-bond acceptors (Lipinski definition) is 4. The molecular weight excluding hydrogens is 393 g/mol. The molecule has 0 saturated carbocycles. The first-order chi connectivity index (χ1) is 13.2. The van der Waals surface area contributed by atoms with Crippen LogP contribution in [-0.2, 0) is 19.0 Å². The average Bonchev–Trinajstić information content (AvgIpc) is 2.67. The van der Waals surface area contributed by atoms with Gasteiger partial charge in [-0.25, -0.2) is 0 Å². The van der Waals surface area contributed by atoms with Crippen LogP contribution in [0.4, 0.5) is 13.2 Å². The minimum atomic E-state index is -5.73. The molecule has 3 rings (SSSR count). The summed E-state index contributed by atoms with van der Waals surface area (Å²) in [5.74, 6) is -0.308. The largest absolute Gasteiger partial charge is 0.534 e. The molecule has 2 unspecified atom stereocenters. The van der Waals surface area contributed by atoms with E-state index in [-0.39, 0.29) is 11.9 Å². The third-order valence-corrected chi connectivity index (χ3v) is 5.57. The van der Waals surface area contributed by atoms with Crippen LogP contribution >= 0.6 is 0 Å². The lowest BCUT2D eigenvalue weighted by molar-refractivity contribution is -0.0530. The Morgan fingerprint density at radius 1 is 1.00 bits per heavy atom. The normalized spacial score (nSPS) is 22.6. The highest BCUT2D eigenvalue weighted by molar-refractivity contribution is 7.87. The third-order valence-electron chi connectivity index (χ3n) is 4.54. The number of alkyl halides is 3. The van der Waals surface area contributed by atoms with E-state index in [2.05, 4.69) is 4.18 Å². The zero-order chi connectivity index (χ0) is 20.4. The summed E-state index contributed by atoms with van der Waals surface area (Å²) in [6.07, 6.45) is -0.126. The van der Waals surface area contributed by atoms with Gasteiger partial charge in [-0.3, -0.25) is 0 Å². The van der Waals surface area contributed by atoms with Crippen LogP contribution in [-0.4, -0.2) is 13.9 Å². The van der Waals surface area contributed by atoms with E-state index in [9.17, 15) is 21.6 Å². The lowest BCUT2D eigenvalue weighted by Crippen LogP contribution is -2.26. The van der Waals surface area contributed by atoms with Gasteiger partial charge in [-0.15, -0.1) is 0 Å². The van der Waals surface area contributed by atoms with Crippen molar-refractivity contribution in [1.82, 2.24) is 0 Å². The fraction of sp³-hybridized carbons (Fsp3) is 0.300. The monoisotopic (exact) mass is 412 g/mol. The predicted octanol–water partition coefficient (Wildman–Crippen LogP) is 5.42. The minimum absolute atomic E-state index is 0.262. The van der Waals surface area contributed by atoms with Crippen molar-refractivity contribution >= 4 is 10.1 Å². The molecule has 2 aromatic carbocycles. The van der Waals surface area contributed by atoms with Crippen molar-refractivity contribution in [2.45, 2.75) is 37.5 Å². The molecule has 1 aliphatic rings. The van der Waals surface area contributed by atoms with Crippen LogP contribution in [0.5, 0.6) is 0 Å². The van der Waals surface area contributed by atoms with Crippen molar-refractivity contribution in [1.29, 1.82) is 0 Å². The van der Waals surface area contributed by atoms with Gasteiger partial charge in [-0.1, -0.05) is 60.7 Å². The summed E-state index contributed by atoms with van der Waals surface area (Å²) in [5, 5.41) is 0. The summed E-state index contributed by atoms with van der Waals surface area (Å²) in [6.45, 7) is 1.22. The Labute approximate surface area is 161 Å². The number of rotatable bonds is 4. The van der Waals surface area contributed by atoms with Crippen molar-refractivity contribution < 1.29 is 30.5 Å². The van der Waals surface area contributed by atoms with Crippen molar-refractivity contribution in [3.63, 3.8) is 0 Å². The molecule has 0 aromatic heterocycles. The molecule has 2 aromatic rings. The van der Waals surface area contributed by atoms with Crippen molar-refractivity contribution in [2.24, 2.45) is 0 Å². The summed E-state index contributed by atoms with van der Waals surface area (Å²) in [7, 11) is -5.73. The maximum Gasteiger partial charge on any atom is 0.534 e. The summed E-state index contributed by atoms with van der Waals surface area (Å²) < 4.78 is 71.5. The van der Waals surface area contributed by atoms with Crippen molar-refractivity contribution in [2.75, 3.05) is 0 Å². The van der Waals surface area contributed by atoms with Crippen LogP contribution in [0.2, 0.25) is 0 Å². The molecule has 1 heterocycles. The van der Waals surface area contributed by atoms with Crippen LogP contribution in [0, 0.1) is 0 Å². The van der Waals surface area contributed by atoms with E-state index in [4.69, 9.17) is 4.74 Å². The summed E-state index contributed by atoms with van der Waals surface area (Å²) >= 11 is 0. The summed E-state index contributed by atoms with van der Waals surface area (Å²) in [6, 6.07) is 18.4. The number of halogens is 3. The van der Waals surface area contributed by atoms with E-state index in [1.165, 1.54) is 6.92 Å². The van der Waals surface area contributed by atoms with Gasteiger partial charge in [0.25, 0.3) is 0 Å². The average molecular weight is 412 g/mol. The first kappa shape index (κ1) is 20.4. The first-order valence-electron chi connectivity index (χ1n) is 8.65. The molecule has 0 radical (unpaired) electrons. The quantitative estimate of drug-likeness (QED) is 0.382. The lowest BCUT2D eigenvalue weighted by atomic mass is 9.90. The molecule has 2 atom stereocenters. The number of hydrogen-bond donors (Lipinski definition) is 0. The Hall–Kier alpha value is -2.32. The van der Waals surface area contributed by atoms with Crippen LogP contribution in [0.25, 0.3) is 0 Å². The molecule has 28 heavy (non-hydrogen) atoms. The van der Waals surface area contributed by atoms with Crippen molar-refractivity contribution in [3.8, 4) is 0 Å². The second kappa shape index (κ2) is 7.97. The highest BCUT2D eigenvalue weighted by Gasteiger charge is 2.49. The summed E-state index contributed by atoms with van der Waals surface area (Å²) in [4.78, 5) is 0. The summed E-state index contributed by atoms with van der Waals surface area (Å²) in [5.41, 5.74) is -3.44. The Balaban J connectivity index is 1.96. The van der Waals surface area contributed by atoms with E-state index in [0.717, 1.165) is 5.56 Å². The van der Waals surface area contributed by atoms with Gasteiger partial charge in [-0.2, -0.15) is 21.6 Å². The molecule has 1 saturated heterocycles. The Kier molecular flexibility index (Phi) is 5.81. The van der Waals surface area contributed by atoms with Gasteiger partial charge in [0.05, 0.1) is 6.10 Å². The second-order valence-electron chi connectivity index (χ2n) is 6.43. The SMILES string of the molecule is C/C(OS(=O)(=O)C(F)(F)F)=C1\CCC(c2ccccc2)OC1c1ccccc1. The molecule has 150 valence electrons. The van der Waals surface area contributed by atoms with Gasteiger partial charge < -0.3 is 8.92 Å². The smallest absolute Gasteiger partial charge is 0.381 e. The Bertz CT molecular complexity index is 938. The van der Waals surface area contributed by atoms with E-state index in [1.54, 1.807) is 24.3 Å². The van der Waals surface area contributed by atoms with Gasteiger partial charge in [0.2, 0.25) is 0 Å². The molecule has 0 amide bonds. The highest BCUT2D eigenvalue weighted by Crippen LogP contribution is 2.44. The van der Waals surface area contributed by atoms with Crippen LogP contribution in [0.1, 0.15) is 43.1 Å². The highest BCUT2D eigenvalue weighted by atomic mass is 32.2. The van der Waals surface area contributed by atoms with Crippen LogP contribution in [0.15, 0.2) is 72.0 Å². The molecule has 0 N–H and O–H groups in total. The number of benzene rings is 2. The first-order valence-corrected chi connectivity index (χ1v) is 10.1. The second-order valence-corrected chi connectivity index (χ2v) is 7.97. The molecule has 8 heteroatoms. The van der Waals surface area contributed by atoms with E-state index in [1.807, 2.05) is 36.4 Å². The topological polar surface area (TPSA) is 52.6 Å². The molecule has 1 aliphatic heterocycles. The fourth-order valence-corrected chi connectivity index (χ4v) is 3.71. The minimum Gasteiger partial charge on any atom is -0.381 e. The van der Waals surface area contributed by atoms with Gasteiger partial charge in [0.15, 0.2) is 0 Å². The van der Waals surface area contributed by atoms with Crippen molar-refractivity contribution in [3.05, 3.63) is 83.1 Å². The fourth-order valence-electron chi connectivity index (χ4n) is 3.18. The maximum atomic E-state index is 12.7. The zero-order valence-corrected chi connectivity index (χ0v) is 15.8. The Morgan fingerprint density at radius 3 is 2.07 bits per heavy atom. The van der Waals surface area contributed by atoms with Crippen LogP contribution < -0.4 is 0 Å².